The number of hydrogen-bond acceptors (Lipinski definition) is 4. The van der Waals surface area contributed by atoms with Gasteiger partial charge in [-0.1, -0.05) is 18.2 Å². The maximum absolute atomic E-state index is 12.2. The fourth-order valence-corrected chi connectivity index (χ4v) is 3.18. The van der Waals surface area contributed by atoms with Crippen LogP contribution in [-0.2, 0) is 14.8 Å². The van der Waals surface area contributed by atoms with Gasteiger partial charge in [-0.3, -0.25) is 0 Å². The van der Waals surface area contributed by atoms with Gasteiger partial charge in [0, 0.05) is 12.6 Å². The molecule has 1 aromatic carbocycles. The lowest BCUT2D eigenvalue weighted by Crippen LogP contribution is -2.30. The summed E-state index contributed by atoms with van der Waals surface area (Å²) in [5.74, 6) is 0. The van der Waals surface area contributed by atoms with E-state index in [2.05, 4.69) is 16.6 Å². The molecule has 0 aliphatic heterocycles. The van der Waals surface area contributed by atoms with Crippen molar-refractivity contribution in [1.82, 2.24) is 4.72 Å². The molecule has 1 rings (SSSR count). The van der Waals surface area contributed by atoms with Crippen molar-refractivity contribution < 1.29 is 13.2 Å². The Kier molecular flexibility index (Phi) is 7.42. The number of rotatable bonds is 10. The quantitative estimate of drug-likeness (QED) is 0.514. The SMILES string of the molecule is C=CCCOCCNc1ccccc1S(=O)(=O)NC(C)C. The van der Waals surface area contributed by atoms with Crippen LogP contribution in [0.3, 0.4) is 0 Å². The zero-order valence-corrected chi connectivity index (χ0v) is 13.4. The minimum Gasteiger partial charge on any atom is -0.382 e. The minimum absolute atomic E-state index is 0.148. The van der Waals surface area contributed by atoms with Crippen molar-refractivity contribution in [3.8, 4) is 0 Å². The van der Waals surface area contributed by atoms with Crippen molar-refractivity contribution in [2.45, 2.75) is 31.2 Å². The van der Waals surface area contributed by atoms with Gasteiger partial charge in [-0.2, -0.15) is 0 Å². The van der Waals surface area contributed by atoms with E-state index >= 15 is 0 Å². The molecule has 0 saturated carbocycles. The maximum Gasteiger partial charge on any atom is 0.242 e. The van der Waals surface area contributed by atoms with E-state index in [4.69, 9.17) is 4.74 Å². The summed E-state index contributed by atoms with van der Waals surface area (Å²) in [5, 5.41) is 3.10. The summed E-state index contributed by atoms with van der Waals surface area (Å²) >= 11 is 0. The van der Waals surface area contributed by atoms with E-state index < -0.39 is 10.0 Å². The van der Waals surface area contributed by atoms with Crippen molar-refractivity contribution in [2.75, 3.05) is 25.1 Å². The second-order valence-corrected chi connectivity index (χ2v) is 6.57. The molecular weight excluding hydrogens is 288 g/mol. The number of sulfonamides is 1. The lowest BCUT2D eigenvalue weighted by molar-refractivity contribution is 0.149. The summed E-state index contributed by atoms with van der Waals surface area (Å²) in [6, 6.07) is 6.70. The van der Waals surface area contributed by atoms with E-state index in [-0.39, 0.29) is 10.9 Å². The molecule has 0 heterocycles. The van der Waals surface area contributed by atoms with Crippen LogP contribution < -0.4 is 10.0 Å². The Morgan fingerprint density at radius 1 is 1.29 bits per heavy atom. The van der Waals surface area contributed by atoms with Crippen LogP contribution in [0, 0.1) is 0 Å². The van der Waals surface area contributed by atoms with Crippen molar-refractivity contribution >= 4 is 15.7 Å². The van der Waals surface area contributed by atoms with Crippen LogP contribution in [0.25, 0.3) is 0 Å². The molecule has 0 atom stereocenters. The highest BCUT2D eigenvalue weighted by Gasteiger charge is 2.18. The van der Waals surface area contributed by atoms with Gasteiger partial charge in [0.1, 0.15) is 4.90 Å². The molecule has 0 aromatic heterocycles. The Morgan fingerprint density at radius 3 is 2.67 bits per heavy atom. The van der Waals surface area contributed by atoms with Crippen LogP contribution in [0.2, 0.25) is 0 Å². The Hall–Kier alpha value is -1.37. The molecule has 0 bridgehead atoms. The normalized spacial score (nSPS) is 11.6. The molecule has 21 heavy (non-hydrogen) atoms. The van der Waals surface area contributed by atoms with Crippen LogP contribution in [0.1, 0.15) is 20.3 Å². The number of nitrogens with one attached hydrogen (secondary N) is 2. The average Bonchev–Trinajstić information content (AvgIpc) is 2.41. The smallest absolute Gasteiger partial charge is 0.242 e. The van der Waals surface area contributed by atoms with Crippen LogP contribution >= 0.6 is 0 Å². The van der Waals surface area contributed by atoms with E-state index in [1.807, 2.05) is 0 Å². The third kappa shape index (κ3) is 6.29. The zero-order valence-electron chi connectivity index (χ0n) is 12.6. The molecule has 0 aliphatic rings. The lowest BCUT2D eigenvalue weighted by atomic mass is 10.3. The molecule has 0 amide bonds. The maximum atomic E-state index is 12.2. The first-order valence-corrected chi connectivity index (χ1v) is 8.49. The van der Waals surface area contributed by atoms with E-state index in [1.165, 1.54) is 0 Å². The number of hydrogen-bond donors (Lipinski definition) is 2. The molecular formula is C15H24N2O3S. The van der Waals surface area contributed by atoms with Gasteiger partial charge in [0.05, 0.1) is 18.9 Å². The van der Waals surface area contributed by atoms with Crippen molar-refractivity contribution in [1.29, 1.82) is 0 Å². The van der Waals surface area contributed by atoms with Crippen molar-refractivity contribution in [2.24, 2.45) is 0 Å². The van der Waals surface area contributed by atoms with Gasteiger partial charge >= 0.3 is 0 Å². The monoisotopic (exact) mass is 312 g/mol. The van der Waals surface area contributed by atoms with Crippen LogP contribution in [-0.4, -0.2) is 34.2 Å². The fraction of sp³-hybridized carbons (Fsp3) is 0.467. The molecule has 0 spiro atoms. The van der Waals surface area contributed by atoms with Crippen molar-refractivity contribution in [3.63, 3.8) is 0 Å². The highest BCUT2D eigenvalue weighted by Crippen LogP contribution is 2.20. The highest BCUT2D eigenvalue weighted by atomic mass is 32.2. The van der Waals surface area contributed by atoms with Crippen molar-refractivity contribution in [3.05, 3.63) is 36.9 Å². The number of anilines is 1. The number of para-hydroxylation sites is 1. The Bertz CT molecular complexity index is 542. The van der Waals surface area contributed by atoms with E-state index in [9.17, 15) is 8.42 Å². The molecule has 0 unspecified atom stereocenters. The zero-order chi connectivity index (χ0) is 15.7. The number of benzene rings is 1. The van der Waals surface area contributed by atoms with E-state index in [0.717, 1.165) is 6.42 Å². The summed E-state index contributed by atoms with van der Waals surface area (Å²) in [6.07, 6.45) is 2.61. The van der Waals surface area contributed by atoms with Gasteiger partial charge in [0.25, 0.3) is 0 Å². The first-order valence-electron chi connectivity index (χ1n) is 7.01. The minimum atomic E-state index is -3.51. The molecule has 0 saturated heterocycles. The first kappa shape index (κ1) is 17.7. The van der Waals surface area contributed by atoms with Crippen LogP contribution in [0.4, 0.5) is 5.69 Å². The second-order valence-electron chi connectivity index (χ2n) is 4.89. The second kappa shape index (κ2) is 8.81. The Morgan fingerprint density at radius 2 is 2.00 bits per heavy atom. The molecule has 118 valence electrons. The first-order chi connectivity index (χ1) is 9.97. The molecule has 1 aromatic rings. The van der Waals surface area contributed by atoms with Gasteiger partial charge in [-0.15, -0.1) is 6.58 Å². The summed E-state index contributed by atoms with van der Waals surface area (Å²) in [4.78, 5) is 0.254. The average molecular weight is 312 g/mol. The summed E-state index contributed by atoms with van der Waals surface area (Å²) in [6.45, 7) is 8.89. The van der Waals surface area contributed by atoms with Crippen LogP contribution in [0.15, 0.2) is 41.8 Å². The molecule has 0 fully saturated rings. The van der Waals surface area contributed by atoms with Gasteiger partial charge in [-0.25, -0.2) is 13.1 Å². The van der Waals surface area contributed by atoms with Gasteiger partial charge in [-0.05, 0) is 32.4 Å². The van der Waals surface area contributed by atoms with E-state index in [0.29, 0.717) is 25.4 Å². The Balaban J connectivity index is 2.65. The molecule has 2 N–H and O–H groups in total. The fourth-order valence-electron chi connectivity index (χ4n) is 1.75. The third-order valence-electron chi connectivity index (χ3n) is 2.60. The molecule has 0 radical (unpaired) electrons. The van der Waals surface area contributed by atoms with Crippen LogP contribution in [0.5, 0.6) is 0 Å². The summed E-state index contributed by atoms with van der Waals surface area (Å²) in [7, 11) is -3.51. The summed E-state index contributed by atoms with van der Waals surface area (Å²) in [5.41, 5.74) is 0.581. The van der Waals surface area contributed by atoms with Gasteiger partial charge in [0.2, 0.25) is 10.0 Å². The molecule has 0 aliphatic carbocycles. The predicted molar refractivity (Wildman–Crippen MR) is 86.0 cm³/mol. The third-order valence-corrected chi connectivity index (χ3v) is 4.31. The molecule has 6 heteroatoms. The van der Waals surface area contributed by atoms with E-state index in [1.54, 1.807) is 44.2 Å². The van der Waals surface area contributed by atoms with Gasteiger partial charge in [0.15, 0.2) is 0 Å². The van der Waals surface area contributed by atoms with Gasteiger partial charge < -0.3 is 10.1 Å². The lowest BCUT2D eigenvalue weighted by Gasteiger charge is -2.14. The molecule has 5 nitrogen and oxygen atoms in total. The Labute approximate surface area is 127 Å². The number of ether oxygens (including phenoxy) is 1. The standard InChI is InChI=1S/C15H24N2O3S/c1-4-5-11-20-12-10-16-14-8-6-7-9-15(14)21(18,19)17-13(2)3/h4,6-9,13,16-17H,1,5,10-12H2,2-3H3. The largest absolute Gasteiger partial charge is 0.382 e. The predicted octanol–water partition coefficient (Wildman–Crippen LogP) is 2.38. The highest BCUT2D eigenvalue weighted by molar-refractivity contribution is 7.89. The topological polar surface area (TPSA) is 67.4 Å². The summed E-state index contributed by atoms with van der Waals surface area (Å²) < 4.78 is 32.5.